The minimum Gasteiger partial charge on any atom is -0.350 e. The smallest absolute Gasteiger partial charge is 0.350 e. The molecule has 0 radical (unpaired) electrons. The minimum atomic E-state index is -4.85. The van der Waals surface area contributed by atoms with Gasteiger partial charge in [0.25, 0.3) is 0 Å². The highest BCUT2D eigenvalue weighted by molar-refractivity contribution is 6.30. The Morgan fingerprint density at radius 3 is 2.29 bits per heavy atom. The predicted molar refractivity (Wildman–Crippen MR) is 84.3 cm³/mol. The first-order chi connectivity index (χ1) is 11.3. The monoisotopic (exact) mass is 360 g/mol. The highest BCUT2D eigenvalue weighted by atomic mass is 35.5. The summed E-state index contributed by atoms with van der Waals surface area (Å²) in [6.45, 7) is -0.0472. The maximum Gasteiger partial charge on any atom is 0.471 e. The van der Waals surface area contributed by atoms with E-state index < -0.39 is 12.1 Å². The molecular weight excluding hydrogens is 345 g/mol. The van der Waals surface area contributed by atoms with Crippen LogP contribution in [0.4, 0.5) is 13.2 Å². The normalized spacial score (nSPS) is 16.4. The summed E-state index contributed by atoms with van der Waals surface area (Å²) in [5.41, 5.74) is 0.806. The van der Waals surface area contributed by atoms with Gasteiger partial charge in [0.2, 0.25) is 5.91 Å². The Labute approximate surface area is 142 Å². The van der Waals surface area contributed by atoms with Crippen LogP contribution in [0.15, 0.2) is 30.3 Å². The zero-order chi connectivity index (χ0) is 17.7. The Morgan fingerprint density at radius 1 is 1.17 bits per heavy atom. The van der Waals surface area contributed by atoms with Crippen LogP contribution in [-0.2, 0) is 9.59 Å². The highest BCUT2D eigenvalue weighted by Crippen LogP contribution is 2.21. The third-order valence-corrected chi connectivity index (χ3v) is 3.92. The van der Waals surface area contributed by atoms with E-state index in [9.17, 15) is 22.8 Å². The van der Waals surface area contributed by atoms with Gasteiger partial charge in [0, 0.05) is 30.2 Å². The van der Waals surface area contributed by atoms with Gasteiger partial charge in [-0.3, -0.25) is 9.59 Å². The fourth-order valence-corrected chi connectivity index (χ4v) is 2.53. The number of alkyl halides is 3. The molecule has 1 aromatic carbocycles. The van der Waals surface area contributed by atoms with Gasteiger partial charge in [0.1, 0.15) is 0 Å². The van der Waals surface area contributed by atoms with Crippen LogP contribution in [0, 0.1) is 0 Å². The molecule has 0 bridgehead atoms. The van der Waals surface area contributed by atoms with Crippen molar-refractivity contribution in [2.75, 3.05) is 13.1 Å². The molecule has 1 saturated heterocycles. The lowest BCUT2D eigenvalue weighted by Crippen LogP contribution is -2.49. The van der Waals surface area contributed by atoms with Crippen LogP contribution >= 0.6 is 11.6 Å². The molecule has 4 nitrogen and oxygen atoms in total. The molecule has 0 atom stereocenters. The summed E-state index contributed by atoms with van der Waals surface area (Å²) in [5, 5.41) is 3.32. The Balaban J connectivity index is 1.80. The topological polar surface area (TPSA) is 49.4 Å². The summed E-state index contributed by atoms with van der Waals surface area (Å²) >= 11 is 5.76. The third-order valence-electron chi connectivity index (χ3n) is 3.67. The van der Waals surface area contributed by atoms with E-state index in [-0.39, 0.29) is 25.0 Å². The summed E-state index contributed by atoms with van der Waals surface area (Å²) in [4.78, 5) is 23.7. The van der Waals surface area contributed by atoms with Crippen molar-refractivity contribution in [2.24, 2.45) is 0 Å². The number of rotatable bonds is 3. The number of likely N-dealkylation sites (tertiary alicyclic amines) is 1. The van der Waals surface area contributed by atoms with E-state index in [0.29, 0.717) is 17.9 Å². The van der Waals surface area contributed by atoms with Crippen LogP contribution in [0.25, 0.3) is 6.08 Å². The predicted octanol–water partition coefficient (Wildman–Crippen LogP) is 3.02. The maximum absolute atomic E-state index is 12.3. The van der Waals surface area contributed by atoms with Crippen molar-refractivity contribution in [3.05, 3.63) is 40.9 Å². The van der Waals surface area contributed by atoms with Crippen molar-refractivity contribution in [3.63, 3.8) is 0 Å². The van der Waals surface area contributed by atoms with Crippen molar-refractivity contribution < 1.29 is 22.8 Å². The molecule has 0 aromatic heterocycles. The lowest BCUT2D eigenvalue weighted by atomic mass is 10.0. The second-order valence-electron chi connectivity index (χ2n) is 5.46. The van der Waals surface area contributed by atoms with E-state index >= 15 is 0 Å². The summed E-state index contributed by atoms with van der Waals surface area (Å²) in [6, 6.07) is 6.67. The van der Waals surface area contributed by atoms with Crippen LogP contribution in [0.3, 0.4) is 0 Å². The maximum atomic E-state index is 12.3. The lowest BCUT2D eigenvalue weighted by Gasteiger charge is -2.32. The van der Waals surface area contributed by atoms with Crippen LogP contribution in [0.5, 0.6) is 0 Å². The van der Waals surface area contributed by atoms with Gasteiger partial charge in [-0.2, -0.15) is 13.2 Å². The number of carbonyl (C=O) groups is 2. The first kappa shape index (κ1) is 18.3. The van der Waals surface area contributed by atoms with E-state index in [1.807, 2.05) is 0 Å². The first-order valence-corrected chi connectivity index (χ1v) is 7.74. The van der Waals surface area contributed by atoms with Crippen molar-refractivity contribution in [2.45, 2.75) is 25.1 Å². The standard InChI is InChI=1S/C16H16ClF3N2O2/c17-12-4-1-11(2-5-12)3-6-14(23)21-13-7-9-22(10-8-13)15(24)16(18,19)20/h1-6,13H,7-10H2,(H,21,23)/b6-3+. The molecule has 0 aliphatic carbocycles. The van der Waals surface area contributed by atoms with Crippen LogP contribution in [-0.4, -0.2) is 42.0 Å². The fourth-order valence-electron chi connectivity index (χ4n) is 2.40. The lowest BCUT2D eigenvalue weighted by molar-refractivity contribution is -0.186. The zero-order valence-electron chi connectivity index (χ0n) is 12.6. The van der Waals surface area contributed by atoms with Gasteiger partial charge in [0.15, 0.2) is 0 Å². The molecule has 0 unspecified atom stereocenters. The van der Waals surface area contributed by atoms with Crippen molar-refractivity contribution >= 4 is 29.5 Å². The largest absolute Gasteiger partial charge is 0.471 e. The molecule has 1 N–H and O–H groups in total. The average Bonchev–Trinajstić information content (AvgIpc) is 2.53. The van der Waals surface area contributed by atoms with E-state index in [1.165, 1.54) is 6.08 Å². The van der Waals surface area contributed by atoms with Gasteiger partial charge in [-0.25, -0.2) is 0 Å². The first-order valence-electron chi connectivity index (χ1n) is 7.36. The summed E-state index contributed by atoms with van der Waals surface area (Å²) in [6.07, 6.45) is -1.29. The molecule has 130 valence electrons. The number of nitrogens with one attached hydrogen (secondary N) is 1. The second kappa shape index (κ2) is 7.70. The van der Waals surface area contributed by atoms with Crippen LogP contribution in [0.2, 0.25) is 5.02 Å². The Kier molecular flexibility index (Phi) is 5.88. The average molecular weight is 361 g/mol. The van der Waals surface area contributed by atoms with E-state index in [0.717, 1.165) is 10.5 Å². The molecule has 1 heterocycles. The van der Waals surface area contributed by atoms with E-state index in [1.54, 1.807) is 30.3 Å². The number of hydrogen-bond acceptors (Lipinski definition) is 2. The fraction of sp³-hybridized carbons (Fsp3) is 0.375. The number of benzene rings is 1. The number of halogens is 4. The van der Waals surface area contributed by atoms with Crippen molar-refractivity contribution in [1.29, 1.82) is 0 Å². The molecule has 1 aliphatic rings. The molecule has 24 heavy (non-hydrogen) atoms. The zero-order valence-corrected chi connectivity index (χ0v) is 13.4. The van der Waals surface area contributed by atoms with Gasteiger partial charge in [-0.05, 0) is 36.6 Å². The molecule has 8 heteroatoms. The molecule has 0 spiro atoms. The highest BCUT2D eigenvalue weighted by Gasteiger charge is 2.43. The second-order valence-corrected chi connectivity index (χ2v) is 5.89. The Morgan fingerprint density at radius 2 is 1.75 bits per heavy atom. The number of amides is 2. The van der Waals surface area contributed by atoms with Crippen LogP contribution in [0.1, 0.15) is 18.4 Å². The van der Waals surface area contributed by atoms with E-state index in [2.05, 4.69) is 5.32 Å². The van der Waals surface area contributed by atoms with Gasteiger partial charge >= 0.3 is 12.1 Å². The molecule has 2 amide bonds. The molecule has 0 saturated carbocycles. The third kappa shape index (κ3) is 5.26. The molecule has 1 fully saturated rings. The number of hydrogen-bond donors (Lipinski definition) is 1. The van der Waals surface area contributed by atoms with Crippen molar-refractivity contribution in [3.8, 4) is 0 Å². The summed E-state index contributed by atoms with van der Waals surface area (Å²) < 4.78 is 37.0. The molecule has 2 rings (SSSR count). The SMILES string of the molecule is O=C(/C=C/c1ccc(Cl)cc1)NC1CCN(C(=O)C(F)(F)F)CC1. The molecule has 1 aromatic rings. The quantitative estimate of drug-likeness (QED) is 0.842. The molecular formula is C16H16ClF3N2O2. The van der Waals surface area contributed by atoms with Gasteiger partial charge < -0.3 is 10.2 Å². The van der Waals surface area contributed by atoms with E-state index in [4.69, 9.17) is 11.6 Å². The summed E-state index contributed by atoms with van der Waals surface area (Å²) in [7, 11) is 0. The van der Waals surface area contributed by atoms with Gasteiger partial charge in [-0.15, -0.1) is 0 Å². The Bertz CT molecular complexity index is 621. The van der Waals surface area contributed by atoms with Gasteiger partial charge in [-0.1, -0.05) is 23.7 Å². The van der Waals surface area contributed by atoms with Crippen LogP contribution < -0.4 is 5.32 Å². The number of piperidine rings is 1. The minimum absolute atomic E-state index is 0.0236. The van der Waals surface area contributed by atoms with Crippen molar-refractivity contribution in [1.82, 2.24) is 10.2 Å². The molecule has 1 aliphatic heterocycles. The Hall–Kier alpha value is -2.02. The number of carbonyl (C=O) groups excluding carboxylic acids is 2. The summed E-state index contributed by atoms with van der Waals surface area (Å²) in [5.74, 6) is -2.15. The number of nitrogens with zero attached hydrogens (tertiary/aromatic N) is 1. The van der Waals surface area contributed by atoms with Gasteiger partial charge in [0.05, 0.1) is 0 Å².